The van der Waals surface area contributed by atoms with Gasteiger partial charge in [-0.15, -0.1) is 0 Å². The van der Waals surface area contributed by atoms with E-state index < -0.39 is 18.2 Å². The molecule has 4 heterocycles. The third-order valence-corrected chi connectivity index (χ3v) is 11.3. The van der Waals surface area contributed by atoms with Gasteiger partial charge in [0.15, 0.2) is 0 Å². The number of nitrogens with one attached hydrogen (secondary N) is 3. The first-order chi connectivity index (χ1) is 27.8. The minimum atomic E-state index is -0.838. The molecule has 3 fully saturated rings. The van der Waals surface area contributed by atoms with E-state index in [4.69, 9.17) is 14.2 Å². The molecule has 1 aliphatic carbocycles. The number of rotatable bonds is 17. The maximum Gasteiger partial charge on any atom is 0.407 e. The van der Waals surface area contributed by atoms with Crippen LogP contribution in [0.1, 0.15) is 71.3 Å². The lowest BCUT2D eigenvalue weighted by atomic mass is 9.79. The number of carbonyl (C=O) groups excluding carboxylic acids is 2. The number of carbonyl (C=O) groups is 2. The van der Waals surface area contributed by atoms with Gasteiger partial charge in [-0.3, -0.25) is 4.79 Å². The molecule has 4 aromatic rings. The molecule has 0 radical (unpaired) electrons. The smallest absolute Gasteiger partial charge is 0.407 e. The average molecular weight is 777 g/mol. The summed E-state index contributed by atoms with van der Waals surface area (Å²) >= 11 is 0. The molecule has 4 unspecified atom stereocenters. The molecule has 3 aliphatic heterocycles. The number of hydrogen-bond donors (Lipinski definition) is 5. The van der Waals surface area contributed by atoms with Crippen molar-refractivity contribution in [3.05, 3.63) is 135 Å². The molecule has 4 atom stereocenters. The predicted molar refractivity (Wildman–Crippen MR) is 217 cm³/mol. The van der Waals surface area contributed by atoms with Gasteiger partial charge in [-0.2, -0.15) is 0 Å². The standard InChI is InChI=1S/C45H52N4O8/c50-39-17-15-37(38-16-18-41(52)47-43(38)39)40(51)26-46-21-4-5-24-55-44(53)33-13-11-30(12-14-33)28-56-36-10-6-9-34(25-36)42(32-7-2-1-3-8-32)48-45(54)57-29-35-27-49-22-19-31(35)20-23-49/h1-3,6-18,31,35-36,40,42,46,50-51H,4-5,19-29H2,(H,47,52)(H,48,54). The van der Waals surface area contributed by atoms with Crippen LogP contribution in [0.5, 0.6) is 5.75 Å². The normalized spacial score (nSPS) is 21.1. The van der Waals surface area contributed by atoms with E-state index in [1.807, 2.05) is 60.7 Å². The van der Waals surface area contributed by atoms with Crippen molar-refractivity contribution in [3.8, 4) is 5.75 Å². The summed E-state index contributed by atoms with van der Waals surface area (Å²) in [5.74, 6) is 0.589. The summed E-state index contributed by atoms with van der Waals surface area (Å²) in [5, 5.41) is 27.7. The third kappa shape index (κ3) is 10.6. The van der Waals surface area contributed by atoms with Crippen LogP contribution in [0.25, 0.3) is 10.9 Å². The number of benzene rings is 3. The Hall–Kier alpha value is -5.27. The number of unbranched alkanes of at least 4 members (excludes halogenated alkanes) is 1. The van der Waals surface area contributed by atoms with Crippen LogP contribution >= 0.6 is 0 Å². The molecule has 3 aromatic carbocycles. The van der Waals surface area contributed by atoms with Gasteiger partial charge in [-0.1, -0.05) is 66.8 Å². The largest absolute Gasteiger partial charge is 0.506 e. The number of fused-ring (bicyclic) bond motifs is 4. The van der Waals surface area contributed by atoms with E-state index in [-0.39, 0.29) is 36.6 Å². The fourth-order valence-electron chi connectivity index (χ4n) is 8.09. The Morgan fingerprint density at radius 2 is 1.75 bits per heavy atom. The average Bonchev–Trinajstić information content (AvgIpc) is 3.25. The number of allylic oxidation sites excluding steroid dienone is 2. The second-order valence-electron chi connectivity index (χ2n) is 15.2. The number of H-pyrrole nitrogens is 1. The van der Waals surface area contributed by atoms with Crippen LogP contribution in [-0.2, 0) is 20.8 Å². The fourth-order valence-corrected chi connectivity index (χ4v) is 8.09. The maximum atomic E-state index is 13.1. The second kappa shape index (κ2) is 19.3. The summed E-state index contributed by atoms with van der Waals surface area (Å²) in [6, 6.07) is 22.8. The number of piperidine rings is 3. The number of alkyl carbamates (subject to hydrolysis) is 1. The first-order valence-electron chi connectivity index (χ1n) is 20.0. The van der Waals surface area contributed by atoms with Gasteiger partial charge in [-0.05, 0) is 97.8 Å². The molecule has 2 bridgehead atoms. The number of pyridine rings is 1. The zero-order valence-corrected chi connectivity index (χ0v) is 32.1. The molecular weight excluding hydrogens is 725 g/mol. The lowest BCUT2D eigenvalue weighted by Crippen LogP contribution is -2.49. The van der Waals surface area contributed by atoms with Gasteiger partial charge in [-0.25, -0.2) is 9.59 Å². The van der Waals surface area contributed by atoms with Gasteiger partial charge < -0.3 is 44.9 Å². The number of aromatic nitrogens is 1. The summed E-state index contributed by atoms with van der Waals surface area (Å²) in [6.45, 7) is 5.27. The van der Waals surface area contributed by atoms with Crippen molar-refractivity contribution in [1.29, 1.82) is 0 Å². The highest BCUT2D eigenvalue weighted by molar-refractivity contribution is 5.89. The van der Waals surface area contributed by atoms with Crippen LogP contribution in [0.4, 0.5) is 4.79 Å². The number of aliphatic hydroxyl groups is 1. The van der Waals surface area contributed by atoms with Crippen LogP contribution < -0.4 is 16.2 Å². The van der Waals surface area contributed by atoms with Gasteiger partial charge in [0, 0.05) is 36.9 Å². The summed E-state index contributed by atoms with van der Waals surface area (Å²) in [7, 11) is 0. The molecule has 57 heavy (non-hydrogen) atoms. The summed E-state index contributed by atoms with van der Waals surface area (Å²) in [4.78, 5) is 42.6. The lowest BCUT2D eigenvalue weighted by molar-refractivity contribution is 0.0121. The number of phenols is 1. The first kappa shape index (κ1) is 39.9. The van der Waals surface area contributed by atoms with E-state index >= 15 is 0 Å². The Morgan fingerprint density at radius 3 is 2.53 bits per heavy atom. The molecule has 12 heteroatoms. The van der Waals surface area contributed by atoms with Crippen LogP contribution in [-0.4, -0.2) is 84.2 Å². The van der Waals surface area contributed by atoms with Crippen LogP contribution in [0.15, 0.2) is 107 Å². The minimum Gasteiger partial charge on any atom is -0.506 e. The molecule has 4 aliphatic rings. The molecule has 5 N–H and O–H groups in total. The molecule has 1 amide bonds. The summed E-state index contributed by atoms with van der Waals surface area (Å²) in [6.07, 6.45) is 8.96. The van der Waals surface area contributed by atoms with Crippen LogP contribution in [0.3, 0.4) is 0 Å². The van der Waals surface area contributed by atoms with Crippen molar-refractivity contribution in [2.24, 2.45) is 11.8 Å². The highest BCUT2D eigenvalue weighted by Gasteiger charge is 2.35. The zero-order valence-electron chi connectivity index (χ0n) is 32.1. The Balaban J connectivity index is 0.812. The Kier molecular flexibility index (Phi) is 13.5. The maximum absolute atomic E-state index is 13.1. The van der Waals surface area contributed by atoms with Crippen molar-refractivity contribution < 1.29 is 34.0 Å². The van der Waals surface area contributed by atoms with E-state index in [1.54, 1.807) is 24.3 Å². The van der Waals surface area contributed by atoms with E-state index in [9.17, 15) is 24.6 Å². The number of esters is 1. The summed E-state index contributed by atoms with van der Waals surface area (Å²) < 4.78 is 17.6. The molecule has 0 spiro atoms. The number of aromatic amines is 1. The van der Waals surface area contributed by atoms with Crippen molar-refractivity contribution in [2.75, 3.05) is 45.9 Å². The number of amides is 1. The molecule has 300 valence electrons. The lowest BCUT2D eigenvalue weighted by Gasteiger charge is -2.44. The topological polar surface area (TPSA) is 162 Å². The van der Waals surface area contributed by atoms with Crippen LogP contribution in [0.2, 0.25) is 0 Å². The minimum absolute atomic E-state index is 0.0521. The van der Waals surface area contributed by atoms with Gasteiger partial charge in [0.1, 0.15) is 5.75 Å². The van der Waals surface area contributed by atoms with Crippen molar-refractivity contribution in [2.45, 2.75) is 57.0 Å². The second-order valence-corrected chi connectivity index (χ2v) is 15.2. The Labute approximate surface area is 332 Å². The van der Waals surface area contributed by atoms with E-state index in [1.165, 1.54) is 25.0 Å². The fraction of sp³-hybridized carbons (Fsp3) is 0.400. The number of hydrogen-bond acceptors (Lipinski definition) is 10. The highest BCUT2D eigenvalue weighted by Crippen LogP contribution is 2.33. The molecule has 8 rings (SSSR count). The van der Waals surface area contributed by atoms with Crippen molar-refractivity contribution >= 4 is 23.0 Å². The summed E-state index contributed by atoms with van der Waals surface area (Å²) in [5.41, 5.74) is 3.96. The third-order valence-electron chi connectivity index (χ3n) is 11.3. The SMILES string of the molecule is O=C(NC(C1=CC=CC(OCc2ccc(C(=O)OCCCCNCC(O)c3ccc(O)c4[nH]c(=O)ccc34)cc2)C1)c1ccccc1)OCC1CN2CCC1CC2. The number of aliphatic hydroxyl groups excluding tert-OH is 1. The molecular formula is C45H52N4O8. The highest BCUT2D eigenvalue weighted by atomic mass is 16.5. The zero-order chi connectivity index (χ0) is 39.6. The monoisotopic (exact) mass is 776 g/mol. The molecule has 3 saturated heterocycles. The Morgan fingerprint density at radius 1 is 0.947 bits per heavy atom. The number of aromatic hydroxyl groups is 1. The number of ether oxygens (including phenoxy) is 3. The van der Waals surface area contributed by atoms with E-state index in [2.05, 4.69) is 20.5 Å². The van der Waals surface area contributed by atoms with Crippen LogP contribution in [0, 0.1) is 11.8 Å². The van der Waals surface area contributed by atoms with E-state index in [0.29, 0.717) is 66.5 Å². The van der Waals surface area contributed by atoms with Crippen molar-refractivity contribution in [3.63, 3.8) is 0 Å². The number of nitrogens with zero attached hydrogens (tertiary/aromatic N) is 1. The first-order valence-corrected chi connectivity index (χ1v) is 20.0. The molecule has 1 aromatic heterocycles. The number of phenolic OH excluding ortho intramolecular Hbond substituents is 1. The predicted octanol–water partition coefficient (Wildman–Crippen LogP) is 6.07. The van der Waals surface area contributed by atoms with Crippen molar-refractivity contribution in [1.82, 2.24) is 20.5 Å². The van der Waals surface area contributed by atoms with Gasteiger partial charge in [0.2, 0.25) is 5.56 Å². The van der Waals surface area contributed by atoms with E-state index in [0.717, 1.165) is 42.8 Å². The quantitative estimate of drug-likeness (QED) is 0.0629. The Bertz CT molecular complexity index is 2090. The van der Waals surface area contributed by atoms with Gasteiger partial charge in [0.25, 0.3) is 0 Å². The molecule has 0 saturated carbocycles. The van der Waals surface area contributed by atoms with Gasteiger partial charge in [0.05, 0.1) is 49.2 Å². The van der Waals surface area contributed by atoms with Gasteiger partial charge >= 0.3 is 12.1 Å². The molecule has 12 nitrogen and oxygen atoms in total.